The van der Waals surface area contributed by atoms with E-state index in [1.54, 1.807) is 7.11 Å². The van der Waals surface area contributed by atoms with Gasteiger partial charge in [-0.05, 0) is 37.0 Å². The molecule has 35 heavy (non-hydrogen) atoms. The van der Waals surface area contributed by atoms with Crippen LogP contribution in [0.25, 0.3) is 0 Å². The number of hydrogen-bond acceptors (Lipinski definition) is 4. The van der Waals surface area contributed by atoms with Crippen molar-refractivity contribution in [3.63, 3.8) is 0 Å². The van der Waals surface area contributed by atoms with Crippen molar-refractivity contribution >= 4 is 5.91 Å². The lowest BCUT2D eigenvalue weighted by Gasteiger charge is -2.20. The third-order valence-electron chi connectivity index (χ3n) is 6.22. The van der Waals surface area contributed by atoms with Crippen LogP contribution in [-0.2, 0) is 9.53 Å². The summed E-state index contributed by atoms with van der Waals surface area (Å²) in [7, 11) is 5.52. The maximum atomic E-state index is 13.1. The number of rotatable bonds is 10. The lowest BCUT2D eigenvalue weighted by molar-refractivity contribution is -0.117. The van der Waals surface area contributed by atoms with Gasteiger partial charge in [0.1, 0.15) is 5.76 Å². The molecule has 0 spiro atoms. The number of allylic oxidation sites excluding steroid dienone is 9. The van der Waals surface area contributed by atoms with Crippen molar-refractivity contribution in [3.8, 4) is 0 Å². The van der Waals surface area contributed by atoms with Gasteiger partial charge >= 0.3 is 0 Å². The Morgan fingerprint density at radius 3 is 2.71 bits per heavy atom. The van der Waals surface area contributed by atoms with E-state index >= 15 is 0 Å². The average molecular weight is 472 g/mol. The Morgan fingerprint density at radius 2 is 1.97 bits per heavy atom. The Balaban J connectivity index is 1.72. The molecular formula is C30H37N3O2. The van der Waals surface area contributed by atoms with Crippen molar-refractivity contribution in [2.75, 3.05) is 27.7 Å². The highest BCUT2D eigenvalue weighted by molar-refractivity contribution is 5.96. The molecule has 1 aromatic rings. The second-order valence-corrected chi connectivity index (χ2v) is 8.63. The summed E-state index contributed by atoms with van der Waals surface area (Å²) in [6, 6.07) is 10.5. The van der Waals surface area contributed by atoms with E-state index in [0.29, 0.717) is 24.3 Å². The van der Waals surface area contributed by atoms with E-state index in [1.807, 2.05) is 56.4 Å². The minimum absolute atomic E-state index is 0.0967. The van der Waals surface area contributed by atoms with Crippen molar-refractivity contribution in [3.05, 3.63) is 119 Å². The largest absolute Gasteiger partial charge is 0.495 e. The van der Waals surface area contributed by atoms with Gasteiger partial charge in [-0.1, -0.05) is 72.9 Å². The van der Waals surface area contributed by atoms with Crippen LogP contribution < -0.4 is 10.6 Å². The first-order valence-electron chi connectivity index (χ1n) is 12.1. The van der Waals surface area contributed by atoms with E-state index < -0.39 is 0 Å². The highest BCUT2D eigenvalue weighted by Gasteiger charge is 2.18. The van der Waals surface area contributed by atoms with E-state index in [0.717, 1.165) is 24.2 Å². The molecule has 0 fully saturated rings. The second-order valence-electron chi connectivity index (χ2n) is 8.63. The van der Waals surface area contributed by atoms with Gasteiger partial charge in [-0.3, -0.25) is 4.79 Å². The van der Waals surface area contributed by atoms with Gasteiger partial charge < -0.3 is 20.3 Å². The summed E-state index contributed by atoms with van der Waals surface area (Å²) in [5, 5.41) is 6.25. The van der Waals surface area contributed by atoms with Crippen LogP contribution >= 0.6 is 0 Å². The molecule has 2 aliphatic rings. The molecule has 2 aliphatic carbocycles. The summed E-state index contributed by atoms with van der Waals surface area (Å²) < 4.78 is 5.66. The zero-order valence-electron chi connectivity index (χ0n) is 21.3. The van der Waals surface area contributed by atoms with Crippen LogP contribution in [0.4, 0.5) is 0 Å². The van der Waals surface area contributed by atoms with Crippen LogP contribution in [0.5, 0.6) is 0 Å². The molecule has 0 bridgehead atoms. The highest BCUT2D eigenvalue weighted by Crippen LogP contribution is 2.30. The van der Waals surface area contributed by atoms with E-state index in [-0.39, 0.29) is 11.8 Å². The van der Waals surface area contributed by atoms with Crippen LogP contribution in [0, 0.1) is 0 Å². The number of carbonyl (C=O) groups excluding carboxylic acids is 1. The van der Waals surface area contributed by atoms with Crippen LogP contribution in [0.3, 0.4) is 0 Å². The lowest BCUT2D eigenvalue weighted by Crippen LogP contribution is -2.27. The maximum Gasteiger partial charge on any atom is 0.251 e. The summed E-state index contributed by atoms with van der Waals surface area (Å²) >= 11 is 0. The molecule has 0 saturated carbocycles. The molecule has 1 unspecified atom stereocenters. The summed E-state index contributed by atoms with van der Waals surface area (Å²) in [4.78, 5) is 15.1. The lowest BCUT2D eigenvalue weighted by atomic mass is 9.87. The van der Waals surface area contributed by atoms with Gasteiger partial charge in [0.15, 0.2) is 0 Å². The molecule has 0 saturated heterocycles. The van der Waals surface area contributed by atoms with Crippen molar-refractivity contribution in [2.24, 2.45) is 0 Å². The van der Waals surface area contributed by atoms with Gasteiger partial charge in [0.2, 0.25) is 0 Å². The average Bonchev–Trinajstić information content (AvgIpc) is 3.28. The Hall–Kier alpha value is -3.73. The van der Waals surface area contributed by atoms with Gasteiger partial charge in [0.25, 0.3) is 5.91 Å². The number of carbonyl (C=O) groups is 1. The molecule has 3 rings (SSSR count). The summed E-state index contributed by atoms with van der Waals surface area (Å²) in [6.07, 6.45) is 20.9. The van der Waals surface area contributed by atoms with E-state index in [4.69, 9.17) is 4.74 Å². The normalized spacial score (nSPS) is 16.6. The Labute approximate surface area is 209 Å². The van der Waals surface area contributed by atoms with E-state index in [9.17, 15) is 4.79 Å². The van der Waals surface area contributed by atoms with Crippen molar-refractivity contribution in [1.29, 1.82) is 0 Å². The number of methoxy groups -OCH3 is 1. The monoisotopic (exact) mass is 471 g/mol. The van der Waals surface area contributed by atoms with Gasteiger partial charge in [-0.25, -0.2) is 0 Å². The molecule has 0 heterocycles. The molecule has 0 aromatic heterocycles. The predicted molar refractivity (Wildman–Crippen MR) is 144 cm³/mol. The van der Waals surface area contributed by atoms with Gasteiger partial charge in [0.05, 0.1) is 12.8 Å². The zero-order chi connectivity index (χ0) is 25.0. The summed E-state index contributed by atoms with van der Waals surface area (Å²) in [6.45, 7) is 2.58. The van der Waals surface area contributed by atoms with Crippen molar-refractivity contribution in [2.45, 2.75) is 32.1 Å². The SMILES string of the molecule is CN/C(C)=C\N(C)C1=C(OC)C=C(C(=O)NCCC(C2=CCC=CC=C2)c2ccccc2)C=CC1. The highest BCUT2D eigenvalue weighted by atomic mass is 16.5. The maximum absolute atomic E-state index is 13.1. The molecule has 1 amide bonds. The van der Waals surface area contributed by atoms with Crippen LogP contribution in [-0.4, -0.2) is 38.6 Å². The van der Waals surface area contributed by atoms with Gasteiger partial charge in [-0.15, -0.1) is 0 Å². The zero-order valence-corrected chi connectivity index (χ0v) is 21.3. The molecule has 5 heteroatoms. The molecule has 0 radical (unpaired) electrons. The Morgan fingerprint density at radius 1 is 1.17 bits per heavy atom. The molecule has 2 N–H and O–H groups in total. The van der Waals surface area contributed by atoms with Crippen molar-refractivity contribution in [1.82, 2.24) is 15.5 Å². The molecule has 5 nitrogen and oxygen atoms in total. The first-order chi connectivity index (χ1) is 17.0. The Bertz CT molecular complexity index is 1090. The minimum Gasteiger partial charge on any atom is -0.495 e. The predicted octanol–water partition coefficient (Wildman–Crippen LogP) is 5.48. The molecule has 1 atom stereocenters. The molecule has 1 aromatic carbocycles. The van der Waals surface area contributed by atoms with Crippen LogP contribution in [0.2, 0.25) is 0 Å². The number of benzene rings is 1. The molecular weight excluding hydrogens is 434 g/mol. The topological polar surface area (TPSA) is 53.6 Å². The number of amides is 1. The van der Waals surface area contributed by atoms with Crippen molar-refractivity contribution < 1.29 is 9.53 Å². The number of nitrogens with zero attached hydrogens (tertiary/aromatic N) is 1. The quantitative estimate of drug-likeness (QED) is 0.475. The van der Waals surface area contributed by atoms with Gasteiger partial charge in [-0.2, -0.15) is 0 Å². The van der Waals surface area contributed by atoms with E-state index in [1.165, 1.54) is 11.1 Å². The number of hydrogen-bond donors (Lipinski definition) is 2. The standard InChI is InChI=1S/C30H37N3O2/c1-23(31-2)22-33(3)28-18-12-17-26(21-29(28)35-4)30(34)32-20-19-27(25-15-10-7-11-16-25)24-13-8-5-6-9-14-24/h5-8,10-17,21-22,27,31H,9,18-20H2,1-4H3,(H,32,34)/b23-22-. The van der Waals surface area contributed by atoms with Crippen LogP contribution in [0.15, 0.2) is 113 Å². The molecule has 0 aliphatic heterocycles. The van der Waals surface area contributed by atoms with Gasteiger partial charge in [0, 0.05) is 50.4 Å². The minimum atomic E-state index is -0.0967. The molecule has 184 valence electrons. The third-order valence-corrected chi connectivity index (χ3v) is 6.22. The van der Waals surface area contributed by atoms with E-state index in [2.05, 4.69) is 65.3 Å². The Kier molecular flexibility index (Phi) is 9.79. The second kappa shape index (κ2) is 13.2. The van der Waals surface area contributed by atoms with Crippen LogP contribution in [0.1, 0.15) is 37.7 Å². The fourth-order valence-corrected chi connectivity index (χ4v) is 4.24. The fraction of sp³-hybridized carbons (Fsp3) is 0.300. The smallest absolute Gasteiger partial charge is 0.251 e. The number of ether oxygens (including phenoxy) is 1. The fourth-order valence-electron chi connectivity index (χ4n) is 4.24. The first-order valence-corrected chi connectivity index (χ1v) is 12.1. The summed E-state index contributed by atoms with van der Waals surface area (Å²) in [5.74, 6) is 0.815. The number of nitrogens with one attached hydrogen (secondary N) is 2. The third kappa shape index (κ3) is 7.38. The summed E-state index contributed by atoms with van der Waals surface area (Å²) in [5.41, 5.74) is 5.16. The first kappa shape index (κ1) is 25.9.